The lowest BCUT2D eigenvalue weighted by molar-refractivity contribution is -0.122. The van der Waals surface area contributed by atoms with E-state index in [0.29, 0.717) is 56.2 Å². The fourth-order valence-electron chi connectivity index (χ4n) is 6.25. The lowest BCUT2D eigenvalue weighted by Gasteiger charge is -2.32. The highest BCUT2D eigenvalue weighted by Crippen LogP contribution is 2.37. The zero-order valence-electron chi connectivity index (χ0n) is 24.9. The molecule has 3 heterocycles. The van der Waals surface area contributed by atoms with E-state index < -0.39 is 27.3 Å². The molecule has 0 spiro atoms. The molecule has 6 rings (SSSR count). The van der Waals surface area contributed by atoms with Crippen molar-refractivity contribution in [1.82, 2.24) is 23.8 Å². The van der Waals surface area contributed by atoms with Gasteiger partial charge in [0.05, 0.1) is 23.6 Å². The van der Waals surface area contributed by atoms with Crippen molar-refractivity contribution in [2.75, 3.05) is 23.7 Å². The number of nitrogens with one attached hydrogen (secondary N) is 2. The Kier molecular flexibility index (Phi) is 8.83. The van der Waals surface area contributed by atoms with E-state index >= 15 is 0 Å². The van der Waals surface area contributed by atoms with Gasteiger partial charge in [-0.3, -0.25) is 9.36 Å². The van der Waals surface area contributed by atoms with Gasteiger partial charge in [-0.2, -0.15) is 14.6 Å². The van der Waals surface area contributed by atoms with E-state index in [-0.39, 0.29) is 53.7 Å². The first-order chi connectivity index (χ1) is 22.1. The molecule has 2 aromatic carbocycles. The molecule has 12 nitrogen and oxygen atoms in total. The van der Waals surface area contributed by atoms with Gasteiger partial charge in [-0.1, -0.05) is 30.3 Å². The Morgan fingerprint density at radius 3 is 2.46 bits per heavy atom. The van der Waals surface area contributed by atoms with Gasteiger partial charge in [-0.05, 0) is 56.2 Å². The molecule has 0 radical (unpaired) electrons. The summed E-state index contributed by atoms with van der Waals surface area (Å²) >= 11 is 0. The number of piperidine rings is 1. The number of benzene rings is 2. The number of rotatable bonds is 9. The molecule has 4 aromatic rings. The van der Waals surface area contributed by atoms with Gasteiger partial charge in [-0.15, -0.1) is 0 Å². The number of nitrogens with zero attached hydrogens (tertiary/aromatic N) is 6. The number of aromatic nitrogens is 4. The molecule has 2 fully saturated rings. The molecule has 2 aliphatic rings. The first-order valence-corrected chi connectivity index (χ1v) is 16.7. The molecule has 1 unspecified atom stereocenters. The number of primary amides is 1. The van der Waals surface area contributed by atoms with Crippen molar-refractivity contribution in [2.45, 2.75) is 56.4 Å². The summed E-state index contributed by atoms with van der Waals surface area (Å²) in [7, 11) is -3.55. The predicted octanol–water partition coefficient (Wildman–Crippen LogP) is 4.34. The molecular formula is C31H33F2N9O3S. The highest BCUT2D eigenvalue weighted by molar-refractivity contribution is 7.88. The van der Waals surface area contributed by atoms with Gasteiger partial charge in [0.15, 0.2) is 17.3 Å². The normalized spacial score (nSPS) is 20.7. The van der Waals surface area contributed by atoms with Crippen molar-refractivity contribution >= 4 is 44.7 Å². The molecule has 1 amide bonds. The number of nitriles is 1. The first kappa shape index (κ1) is 31.3. The summed E-state index contributed by atoms with van der Waals surface area (Å²) in [5, 5.41) is 15.1. The van der Waals surface area contributed by atoms with Crippen LogP contribution >= 0.6 is 0 Å². The molecule has 1 saturated heterocycles. The molecular weight excluding hydrogens is 616 g/mol. The maximum absolute atomic E-state index is 14.9. The average Bonchev–Trinajstić information content (AvgIpc) is 3.40. The second kappa shape index (κ2) is 13.0. The number of hydrogen-bond donors (Lipinski definition) is 3. The molecule has 0 bridgehead atoms. The van der Waals surface area contributed by atoms with Crippen LogP contribution in [0.3, 0.4) is 0 Å². The maximum atomic E-state index is 14.9. The van der Waals surface area contributed by atoms with Crippen LogP contribution in [-0.2, 0) is 20.6 Å². The van der Waals surface area contributed by atoms with Crippen LogP contribution in [-0.4, -0.2) is 57.3 Å². The van der Waals surface area contributed by atoms with Gasteiger partial charge in [0, 0.05) is 31.1 Å². The van der Waals surface area contributed by atoms with E-state index in [1.165, 1.54) is 10.5 Å². The number of halogens is 2. The molecule has 1 aliphatic carbocycles. The molecule has 1 atom stereocenters. The largest absolute Gasteiger partial charge is 0.369 e. The molecule has 2 aromatic heterocycles. The van der Waals surface area contributed by atoms with Crippen LogP contribution < -0.4 is 16.4 Å². The van der Waals surface area contributed by atoms with E-state index in [2.05, 4.69) is 20.6 Å². The van der Waals surface area contributed by atoms with E-state index in [4.69, 9.17) is 16.0 Å². The Bertz CT molecular complexity index is 1880. The summed E-state index contributed by atoms with van der Waals surface area (Å²) in [6.45, 7) is 0.669. The van der Waals surface area contributed by atoms with Crippen molar-refractivity contribution in [3.63, 3.8) is 0 Å². The minimum Gasteiger partial charge on any atom is -0.369 e. The Morgan fingerprint density at radius 2 is 1.78 bits per heavy atom. The number of fused-ring (bicyclic) bond motifs is 1. The van der Waals surface area contributed by atoms with Crippen LogP contribution in [0.4, 0.5) is 26.4 Å². The molecule has 46 heavy (non-hydrogen) atoms. The fourth-order valence-corrected chi connectivity index (χ4v) is 7.86. The Balaban J connectivity index is 1.28. The lowest BCUT2D eigenvalue weighted by atomic mass is 9.85. The van der Waals surface area contributed by atoms with Gasteiger partial charge < -0.3 is 16.4 Å². The van der Waals surface area contributed by atoms with Gasteiger partial charge in [0.25, 0.3) is 0 Å². The third kappa shape index (κ3) is 6.63. The highest BCUT2D eigenvalue weighted by atomic mass is 32.2. The van der Waals surface area contributed by atoms with Gasteiger partial charge >= 0.3 is 0 Å². The van der Waals surface area contributed by atoms with E-state index in [9.17, 15) is 22.0 Å². The standard InChI is InChI=1S/C31H33F2N9O3S/c32-24-13-20(15-34)14-25(33)27(24)39-31-38-26-16-36-30(40-29(26)42(31)23-10-8-21(9-11-23)28(35)43)37-22-7-4-12-41(17-22)46(44,45)18-19-5-2-1-3-6-19/h1-3,5-6,13-14,16,21-23H,4,7-12,17-18H2,(H2,35,43)(H,38,39)(H,36,37,40). The number of nitrogens with two attached hydrogens (primary N) is 1. The molecule has 1 aliphatic heterocycles. The number of hydrogen-bond acceptors (Lipinski definition) is 9. The Labute approximate surface area is 264 Å². The summed E-state index contributed by atoms with van der Waals surface area (Å²) in [6.07, 6.45) is 5.03. The van der Waals surface area contributed by atoms with Crippen LogP contribution in [0.2, 0.25) is 0 Å². The molecule has 1 saturated carbocycles. The van der Waals surface area contributed by atoms with Crippen molar-refractivity contribution in [2.24, 2.45) is 11.7 Å². The summed E-state index contributed by atoms with van der Waals surface area (Å²) < 4.78 is 59.4. The van der Waals surface area contributed by atoms with E-state index in [1.807, 2.05) is 18.2 Å². The number of carbonyl (C=O) groups is 1. The summed E-state index contributed by atoms with van der Waals surface area (Å²) in [5.74, 6) is -2.24. The summed E-state index contributed by atoms with van der Waals surface area (Å²) in [4.78, 5) is 25.5. The number of imidazole rings is 1. The molecule has 15 heteroatoms. The van der Waals surface area contributed by atoms with Crippen molar-refractivity contribution in [3.05, 3.63) is 71.4 Å². The van der Waals surface area contributed by atoms with Crippen LogP contribution in [0.25, 0.3) is 11.2 Å². The number of amides is 1. The topological polar surface area (TPSA) is 172 Å². The molecule has 240 valence electrons. The third-order valence-electron chi connectivity index (χ3n) is 8.61. The fraction of sp³-hybridized carbons (Fsp3) is 0.387. The summed E-state index contributed by atoms with van der Waals surface area (Å²) in [6, 6.07) is 12.2. The zero-order valence-corrected chi connectivity index (χ0v) is 25.7. The minimum atomic E-state index is -3.55. The molecule has 4 N–H and O–H groups in total. The predicted molar refractivity (Wildman–Crippen MR) is 167 cm³/mol. The third-order valence-corrected chi connectivity index (χ3v) is 10.4. The van der Waals surface area contributed by atoms with Gasteiger partial charge in [0.1, 0.15) is 11.2 Å². The second-order valence-corrected chi connectivity index (χ2v) is 13.7. The lowest BCUT2D eigenvalue weighted by Crippen LogP contribution is -2.45. The Morgan fingerprint density at radius 1 is 1.07 bits per heavy atom. The number of carbonyl (C=O) groups excluding carboxylic acids is 1. The van der Waals surface area contributed by atoms with Gasteiger partial charge in [-0.25, -0.2) is 27.2 Å². The quantitative estimate of drug-likeness (QED) is 0.238. The van der Waals surface area contributed by atoms with E-state index in [0.717, 1.165) is 17.7 Å². The Hall–Kier alpha value is -4.68. The van der Waals surface area contributed by atoms with Crippen LogP contribution in [0.5, 0.6) is 0 Å². The number of anilines is 3. The zero-order chi connectivity index (χ0) is 32.4. The van der Waals surface area contributed by atoms with E-state index in [1.54, 1.807) is 22.8 Å². The maximum Gasteiger partial charge on any atom is 0.225 e. The smallest absolute Gasteiger partial charge is 0.225 e. The van der Waals surface area contributed by atoms with Crippen LogP contribution in [0.15, 0.2) is 48.7 Å². The first-order valence-electron chi connectivity index (χ1n) is 15.1. The second-order valence-electron chi connectivity index (χ2n) is 11.8. The van der Waals surface area contributed by atoms with Crippen LogP contribution in [0.1, 0.15) is 55.7 Å². The summed E-state index contributed by atoms with van der Waals surface area (Å²) in [5.41, 5.74) is 6.42. The monoisotopic (exact) mass is 649 g/mol. The SMILES string of the molecule is N#Cc1cc(F)c(Nc2nc3cnc(NC4CCCN(S(=O)(=O)Cc5ccccc5)C4)nc3n2C2CCC(C(N)=O)CC2)c(F)c1. The van der Waals surface area contributed by atoms with Gasteiger partial charge in [0.2, 0.25) is 27.8 Å². The average molecular weight is 650 g/mol. The van der Waals surface area contributed by atoms with Crippen molar-refractivity contribution in [1.29, 1.82) is 5.26 Å². The minimum absolute atomic E-state index is 0.0869. The number of sulfonamides is 1. The highest BCUT2D eigenvalue weighted by Gasteiger charge is 2.31. The van der Waals surface area contributed by atoms with Crippen molar-refractivity contribution < 1.29 is 22.0 Å². The van der Waals surface area contributed by atoms with Crippen LogP contribution in [0, 0.1) is 28.9 Å². The van der Waals surface area contributed by atoms with Crippen molar-refractivity contribution in [3.8, 4) is 6.07 Å².